The van der Waals surface area contributed by atoms with Crippen molar-refractivity contribution >= 4 is 60.9 Å². The van der Waals surface area contributed by atoms with E-state index < -0.39 is 0 Å². The maximum Gasteiger partial charge on any atom is 0.143 e. The molecule has 14 rings (SSSR count). The van der Waals surface area contributed by atoms with Gasteiger partial charge in [-0.25, -0.2) is 0 Å². The lowest BCUT2D eigenvalue weighted by Gasteiger charge is -2.31. The number of aryl methyl sites for hydroxylation is 4. The molecular formula is C70H61NO2. The standard InChI is InChI=1S/C70H55NO2.3H2/c1-40-26-30-47(42(3)34-40)54-38-58-63(65-52-21-13-16-24-61(52)72-67(54)65)50-32-28-45(36-56(50)69(58,5)6)71(60-23-15-12-20-49(60)44-18-10-9-11-19-44)46-29-33-51-57(37-46)70(7,8)59-39-55(48-31-27-41(2)35-43(48)4)68-66(64(51)59)53-22-14-17-25-62(53)73-68;;;/h9-39H,1-8H3;3*1H/i;3*1+1D. The molecule has 3 nitrogen and oxygen atoms in total. The summed E-state index contributed by atoms with van der Waals surface area (Å²) in [6.07, 6.45) is 0. The molecule has 10 aromatic carbocycles. The summed E-state index contributed by atoms with van der Waals surface area (Å²) < 4.78 is 43.8. The molecule has 0 saturated carbocycles. The number of benzene rings is 10. The van der Waals surface area contributed by atoms with E-state index in [2.05, 4.69) is 248 Å². The van der Waals surface area contributed by atoms with Crippen LogP contribution < -0.4 is 4.90 Å². The van der Waals surface area contributed by atoms with E-state index in [4.69, 9.17) is 17.7 Å². The molecule has 0 N–H and O–H groups in total. The topological polar surface area (TPSA) is 29.5 Å². The molecule has 0 saturated heterocycles. The van der Waals surface area contributed by atoms with Crippen LogP contribution in [0.2, 0.25) is 0 Å². The molecule has 3 heteroatoms. The summed E-state index contributed by atoms with van der Waals surface area (Å²) in [5.41, 5.74) is 28.7. The van der Waals surface area contributed by atoms with Gasteiger partial charge in [0.15, 0.2) is 0 Å². The Morgan fingerprint density at radius 2 is 0.822 bits per heavy atom. The largest absolute Gasteiger partial charge is 0.455 e. The van der Waals surface area contributed by atoms with Crippen LogP contribution in [-0.2, 0) is 10.8 Å². The van der Waals surface area contributed by atoms with Gasteiger partial charge in [0.25, 0.3) is 0 Å². The highest BCUT2D eigenvalue weighted by Gasteiger charge is 2.42. The van der Waals surface area contributed by atoms with Crippen LogP contribution in [0, 0.1) is 27.7 Å². The van der Waals surface area contributed by atoms with E-state index >= 15 is 0 Å². The zero-order chi connectivity index (χ0) is 55.7. The molecule has 0 spiro atoms. The minimum absolute atomic E-state index is 0.334. The zero-order valence-corrected chi connectivity index (χ0v) is 42.7. The van der Waals surface area contributed by atoms with Crippen LogP contribution >= 0.6 is 0 Å². The number of anilines is 3. The number of hydrogen-bond acceptors (Lipinski definition) is 3. The van der Waals surface area contributed by atoms with Crippen molar-refractivity contribution in [1.82, 2.24) is 0 Å². The van der Waals surface area contributed by atoms with E-state index in [-0.39, 0.29) is 10.8 Å². The molecule has 0 bridgehead atoms. The Labute approximate surface area is 436 Å². The average Bonchev–Trinajstić information content (AvgIpc) is 3.82. The Hall–Kier alpha value is -8.40. The number of nitrogens with zero attached hydrogens (tertiary/aromatic N) is 1. The van der Waals surface area contributed by atoms with Gasteiger partial charge in [-0.1, -0.05) is 172 Å². The molecule has 2 aliphatic carbocycles. The summed E-state index contributed by atoms with van der Waals surface area (Å²) in [5, 5.41) is 4.68. The van der Waals surface area contributed by atoms with Crippen LogP contribution in [0.3, 0.4) is 0 Å². The van der Waals surface area contributed by atoms with Crippen LogP contribution in [0.5, 0.6) is 0 Å². The first-order chi connectivity index (χ1) is 38.4. The highest BCUT2D eigenvalue weighted by atomic mass is 16.3. The number of rotatable bonds is 6. The molecule has 0 aliphatic heterocycles. The first-order valence-electron chi connectivity index (χ1n) is 28.7. The predicted octanol–water partition coefficient (Wildman–Crippen LogP) is 20.5. The Morgan fingerprint density at radius 3 is 1.32 bits per heavy atom. The third kappa shape index (κ3) is 6.24. The van der Waals surface area contributed by atoms with Gasteiger partial charge in [-0.2, -0.15) is 0 Å². The Kier molecular flexibility index (Phi) is 8.57. The van der Waals surface area contributed by atoms with E-state index in [1.165, 1.54) is 99.8 Å². The summed E-state index contributed by atoms with van der Waals surface area (Å²) >= 11 is 0. The summed E-state index contributed by atoms with van der Waals surface area (Å²) in [6.45, 7) is 18.4. The fraction of sp³-hybridized carbons (Fsp3) is 0.143. The van der Waals surface area contributed by atoms with Crippen molar-refractivity contribution in [1.29, 1.82) is 0 Å². The fourth-order valence-corrected chi connectivity index (χ4v) is 13.0. The Morgan fingerprint density at radius 1 is 0.384 bits per heavy atom. The quantitative estimate of drug-likeness (QED) is 0.166. The van der Waals surface area contributed by atoms with Crippen molar-refractivity contribution in [2.45, 2.75) is 66.2 Å². The second-order valence-corrected chi connectivity index (χ2v) is 21.9. The highest BCUT2D eigenvalue weighted by Crippen LogP contribution is 2.59. The maximum absolute atomic E-state index is 6.91. The van der Waals surface area contributed by atoms with E-state index in [0.717, 1.165) is 61.3 Å². The van der Waals surface area contributed by atoms with Gasteiger partial charge >= 0.3 is 0 Å². The minimum Gasteiger partial charge on any atom is -0.455 e. The molecule has 73 heavy (non-hydrogen) atoms. The fourth-order valence-electron chi connectivity index (χ4n) is 13.0. The van der Waals surface area contributed by atoms with Gasteiger partial charge < -0.3 is 13.7 Å². The SMILES string of the molecule is Cc1ccc(-c2cc3c(c4c2oc2ccccc24)-c2ccc(N(c4ccc5c(c4)C(C)(C)c4cc(-c6ccc(C)cc6C)c6oc7ccccc7c6c4-5)c4ccccc4-c4ccccc4)cc2C3(C)C)c(C)c1.[2H][2H].[2H][2H].[2H][2H]. The van der Waals surface area contributed by atoms with E-state index in [1.54, 1.807) is 0 Å². The van der Waals surface area contributed by atoms with Crippen molar-refractivity contribution in [3.05, 3.63) is 233 Å². The number of para-hydroxylation sites is 3. The summed E-state index contributed by atoms with van der Waals surface area (Å²) in [7, 11) is 0. The van der Waals surface area contributed by atoms with Gasteiger partial charge in [-0.3, -0.25) is 0 Å². The summed E-state index contributed by atoms with van der Waals surface area (Å²) in [4.78, 5) is 2.51. The minimum atomic E-state index is -0.334. The van der Waals surface area contributed by atoms with Crippen LogP contribution in [0.1, 0.15) is 81.1 Å². The molecule has 0 radical (unpaired) electrons. The van der Waals surface area contributed by atoms with Crippen molar-refractivity contribution in [2.24, 2.45) is 0 Å². The van der Waals surface area contributed by atoms with Gasteiger partial charge in [-0.05, 0) is 155 Å². The molecule has 2 heterocycles. The molecule has 2 aromatic heterocycles. The van der Waals surface area contributed by atoms with Crippen LogP contribution in [0.4, 0.5) is 17.1 Å². The molecule has 0 unspecified atom stereocenters. The number of fused-ring (bicyclic) bond motifs is 14. The maximum atomic E-state index is 6.91. The average molecular weight is 954 g/mol. The number of furan rings is 2. The first-order valence-corrected chi connectivity index (χ1v) is 25.7. The van der Waals surface area contributed by atoms with E-state index in [0.29, 0.717) is 0 Å². The third-order valence-corrected chi connectivity index (χ3v) is 16.6. The van der Waals surface area contributed by atoms with Crippen LogP contribution in [0.25, 0.3) is 99.5 Å². The predicted molar refractivity (Wildman–Crippen MR) is 312 cm³/mol. The normalized spacial score (nSPS) is 14.3. The van der Waals surface area contributed by atoms with Crippen LogP contribution in [-0.4, -0.2) is 0 Å². The van der Waals surface area contributed by atoms with Gasteiger partial charge in [-0.15, -0.1) is 0 Å². The Balaban J connectivity index is 0.00000107. The molecular weight excluding hydrogens is 887 g/mol. The van der Waals surface area contributed by atoms with Gasteiger partial charge in [0.2, 0.25) is 0 Å². The zero-order valence-electron chi connectivity index (χ0n) is 48.7. The highest BCUT2D eigenvalue weighted by molar-refractivity contribution is 6.20. The molecule has 2 aliphatic rings. The molecule has 358 valence electrons. The smallest absolute Gasteiger partial charge is 0.143 e. The first kappa shape index (κ1) is 40.2. The van der Waals surface area contributed by atoms with Crippen molar-refractivity contribution in [3.8, 4) is 55.6 Å². The van der Waals surface area contributed by atoms with E-state index in [1.807, 2.05) is 0 Å². The van der Waals surface area contributed by atoms with Crippen molar-refractivity contribution in [2.75, 3.05) is 4.90 Å². The second kappa shape index (κ2) is 15.6. The monoisotopic (exact) mass is 954 g/mol. The van der Waals surface area contributed by atoms with Gasteiger partial charge in [0.05, 0.1) is 5.69 Å². The Bertz CT molecular complexity index is 4100. The lowest BCUT2D eigenvalue weighted by atomic mass is 9.80. The second-order valence-electron chi connectivity index (χ2n) is 21.9. The molecule has 0 fully saturated rings. The molecule has 0 amide bonds. The lowest BCUT2D eigenvalue weighted by Crippen LogP contribution is -2.18. The van der Waals surface area contributed by atoms with Crippen molar-refractivity contribution < 1.29 is 17.7 Å². The summed E-state index contributed by atoms with van der Waals surface area (Å²) in [6, 6.07) is 69.7. The van der Waals surface area contributed by atoms with Crippen LogP contribution in [0.15, 0.2) is 197 Å². The van der Waals surface area contributed by atoms with Gasteiger partial charge in [0, 0.05) is 69.3 Å². The van der Waals surface area contributed by atoms with Crippen molar-refractivity contribution in [3.63, 3.8) is 0 Å². The molecule has 0 atom stereocenters. The molecule has 12 aromatic rings. The number of hydrogen-bond donors (Lipinski definition) is 0. The van der Waals surface area contributed by atoms with E-state index in [9.17, 15) is 0 Å². The summed E-state index contributed by atoms with van der Waals surface area (Å²) in [5.74, 6) is 0. The lowest BCUT2D eigenvalue weighted by molar-refractivity contribution is 0.657. The van der Waals surface area contributed by atoms with Gasteiger partial charge in [0.1, 0.15) is 22.3 Å². The third-order valence-electron chi connectivity index (χ3n) is 16.6.